The molecule has 1 aliphatic carbocycles. The Labute approximate surface area is 79.9 Å². The summed E-state index contributed by atoms with van der Waals surface area (Å²) in [5, 5.41) is 8.73. The maximum Gasteiger partial charge on any atom is 0.0871 e. The van der Waals surface area contributed by atoms with Crippen LogP contribution in [0.1, 0.15) is 19.3 Å². The molecule has 1 unspecified atom stereocenters. The van der Waals surface area contributed by atoms with Gasteiger partial charge < -0.3 is 4.90 Å². The predicted molar refractivity (Wildman–Crippen MR) is 51.2 cm³/mol. The Bertz CT molecular complexity index is 217. The molecule has 0 radical (unpaired) electrons. The lowest BCUT2D eigenvalue weighted by Gasteiger charge is -2.25. The van der Waals surface area contributed by atoms with Crippen molar-refractivity contribution >= 4 is 0 Å². The second-order valence-corrected chi connectivity index (χ2v) is 4.27. The van der Waals surface area contributed by atoms with Crippen LogP contribution in [-0.2, 0) is 0 Å². The van der Waals surface area contributed by atoms with E-state index in [0.29, 0.717) is 12.6 Å². The SMILES string of the molecule is CN1CCC(N(CC#N)C2CC2)C1. The first-order valence-corrected chi connectivity index (χ1v) is 5.12. The summed E-state index contributed by atoms with van der Waals surface area (Å²) in [7, 11) is 2.16. The van der Waals surface area contributed by atoms with E-state index in [4.69, 9.17) is 5.26 Å². The monoisotopic (exact) mass is 179 g/mol. The minimum atomic E-state index is 0.628. The van der Waals surface area contributed by atoms with E-state index in [9.17, 15) is 0 Å². The van der Waals surface area contributed by atoms with E-state index in [-0.39, 0.29) is 0 Å². The number of likely N-dealkylation sites (tertiary alicyclic amines) is 1. The van der Waals surface area contributed by atoms with Gasteiger partial charge in [0, 0.05) is 18.6 Å². The maximum absolute atomic E-state index is 8.73. The molecule has 1 saturated carbocycles. The van der Waals surface area contributed by atoms with Crippen molar-refractivity contribution in [3.63, 3.8) is 0 Å². The fourth-order valence-corrected chi connectivity index (χ4v) is 2.23. The third-order valence-electron chi connectivity index (χ3n) is 3.10. The van der Waals surface area contributed by atoms with Gasteiger partial charge in [-0.25, -0.2) is 0 Å². The minimum absolute atomic E-state index is 0.628. The van der Waals surface area contributed by atoms with Gasteiger partial charge >= 0.3 is 0 Å². The van der Waals surface area contributed by atoms with E-state index in [1.807, 2.05) is 0 Å². The predicted octanol–water partition coefficient (Wildman–Crippen LogP) is 0.678. The summed E-state index contributed by atoms with van der Waals surface area (Å²) in [6.45, 7) is 2.97. The molecule has 0 aromatic carbocycles. The molecule has 3 heteroatoms. The Morgan fingerprint density at radius 3 is 2.62 bits per heavy atom. The van der Waals surface area contributed by atoms with Crippen LogP contribution >= 0.6 is 0 Å². The molecule has 2 rings (SSSR count). The van der Waals surface area contributed by atoms with Gasteiger partial charge in [-0.2, -0.15) is 5.26 Å². The molecule has 3 nitrogen and oxygen atoms in total. The average Bonchev–Trinajstić information content (AvgIpc) is 2.85. The molecule has 0 aromatic heterocycles. The fraction of sp³-hybridized carbons (Fsp3) is 0.900. The zero-order valence-corrected chi connectivity index (χ0v) is 8.24. The second-order valence-electron chi connectivity index (χ2n) is 4.27. The molecule has 72 valence electrons. The van der Waals surface area contributed by atoms with E-state index >= 15 is 0 Å². The summed E-state index contributed by atoms with van der Waals surface area (Å²) in [4.78, 5) is 4.76. The van der Waals surface area contributed by atoms with Gasteiger partial charge in [0.25, 0.3) is 0 Å². The zero-order valence-electron chi connectivity index (χ0n) is 8.24. The third-order valence-corrected chi connectivity index (χ3v) is 3.10. The van der Waals surface area contributed by atoms with E-state index in [0.717, 1.165) is 12.6 Å². The molecule has 0 bridgehead atoms. The molecule has 13 heavy (non-hydrogen) atoms. The van der Waals surface area contributed by atoms with Crippen molar-refractivity contribution in [1.82, 2.24) is 9.80 Å². The van der Waals surface area contributed by atoms with Gasteiger partial charge in [0.2, 0.25) is 0 Å². The molecule has 2 fully saturated rings. The Hall–Kier alpha value is -0.590. The Morgan fingerprint density at radius 1 is 1.38 bits per heavy atom. The number of nitriles is 1. The first kappa shape index (κ1) is 8.98. The second kappa shape index (κ2) is 3.65. The average molecular weight is 179 g/mol. The summed E-state index contributed by atoms with van der Waals surface area (Å²) in [6, 6.07) is 3.67. The standard InChI is InChI=1S/C10H17N3/c1-12-6-4-10(8-12)13(7-5-11)9-2-3-9/h9-10H,2-4,6-8H2,1H3. The van der Waals surface area contributed by atoms with Crippen LogP contribution in [0.4, 0.5) is 0 Å². The number of rotatable bonds is 3. The van der Waals surface area contributed by atoms with Crippen LogP contribution in [0.25, 0.3) is 0 Å². The van der Waals surface area contributed by atoms with Crippen LogP contribution in [0.5, 0.6) is 0 Å². The van der Waals surface area contributed by atoms with Crippen LogP contribution < -0.4 is 0 Å². The lowest BCUT2D eigenvalue weighted by atomic mass is 10.2. The van der Waals surface area contributed by atoms with Crippen molar-refractivity contribution in [2.45, 2.75) is 31.3 Å². The summed E-state index contributed by atoms with van der Waals surface area (Å²) < 4.78 is 0. The van der Waals surface area contributed by atoms with Crippen LogP contribution in [0.2, 0.25) is 0 Å². The molecule has 1 saturated heterocycles. The molecule has 1 atom stereocenters. The highest BCUT2D eigenvalue weighted by Crippen LogP contribution is 2.30. The molecule has 2 aliphatic rings. The number of hydrogen-bond acceptors (Lipinski definition) is 3. The van der Waals surface area contributed by atoms with Crippen molar-refractivity contribution in [2.24, 2.45) is 0 Å². The van der Waals surface area contributed by atoms with Gasteiger partial charge in [-0.3, -0.25) is 4.90 Å². The normalized spacial score (nSPS) is 29.5. The van der Waals surface area contributed by atoms with Crippen LogP contribution in [0.3, 0.4) is 0 Å². The molecule has 1 heterocycles. The van der Waals surface area contributed by atoms with E-state index in [1.165, 1.54) is 25.8 Å². The number of hydrogen-bond donors (Lipinski definition) is 0. The minimum Gasteiger partial charge on any atom is -0.305 e. The highest BCUT2D eigenvalue weighted by molar-refractivity contribution is 4.95. The molecule has 0 amide bonds. The molecule has 0 aromatic rings. The smallest absolute Gasteiger partial charge is 0.0871 e. The van der Waals surface area contributed by atoms with Gasteiger partial charge in [0.05, 0.1) is 12.6 Å². The zero-order chi connectivity index (χ0) is 9.26. The lowest BCUT2D eigenvalue weighted by Crippen LogP contribution is -2.39. The van der Waals surface area contributed by atoms with Gasteiger partial charge in [-0.1, -0.05) is 0 Å². The van der Waals surface area contributed by atoms with Gasteiger partial charge in [-0.15, -0.1) is 0 Å². The first-order valence-electron chi connectivity index (χ1n) is 5.12. The summed E-state index contributed by atoms with van der Waals surface area (Å²) in [5.74, 6) is 0. The fourth-order valence-electron chi connectivity index (χ4n) is 2.23. The number of likely N-dealkylation sites (N-methyl/N-ethyl adjacent to an activating group) is 1. The van der Waals surface area contributed by atoms with E-state index < -0.39 is 0 Å². The summed E-state index contributed by atoms with van der Waals surface area (Å²) >= 11 is 0. The molecule has 1 aliphatic heterocycles. The summed E-state index contributed by atoms with van der Waals surface area (Å²) in [5.41, 5.74) is 0. The Balaban J connectivity index is 1.91. The molecule has 0 N–H and O–H groups in total. The van der Waals surface area contributed by atoms with Crippen molar-refractivity contribution in [3.05, 3.63) is 0 Å². The van der Waals surface area contributed by atoms with Crippen molar-refractivity contribution in [3.8, 4) is 6.07 Å². The lowest BCUT2D eigenvalue weighted by molar-refractivity contribution is 0.211. The first-order chi connectivity index (χ1) is 6.31. The molecule has 0 spiro atoms. The topological polar surface area (TPSA) is 30.3 Å². The van der Waals surface area contributed by atoms with Crippen molar-refractivity contribution < 1.29 is 0 Å². The van der Waals surface area contributed by atoms with Crippen molar-refractivity contribution in [2.75, 3.05) is 26.7 Å². The highest BCUT2D eigenvalue weighted by atomic mass is 15.3. The highest BCUT2D eigenvalue weighted by Gasteiger charge is 2.35. The molecular formula is C10H17N3. The largest absolute Gasteiger partial charge is 0.305 e. The van der Waals surface area contributed by atoms with E-state index in [1.54, 1.807) is 0 Å². The van der Waals surface area contributed by atoms with Gasteiger partial charge in [0.15, 0.2) is 0 Å². The van der Waals surface area contributed by atoms with Crippen LogP contribution in [0, 0.1) is 11.3 Å². The molecular weight excluding hydrogens is 162 g/mol. The summed E-state index contributed by atoms with van der Waals surface area (Å²) in [6.07, 6.45) is 3.86. The quantitative estimate of drug-likeness (QED) is 0.597. The Kier molecular flexibility index (Phi) is 2.52. The van der Waals surface area contributed by atoms with Gasteiger partial charge in [-0.05, 0) is 32.9 Å². The van der Waals surface area contributed by atoms with Gasteiger partial charge in [0.1, 0.15) is 0 Å². The van der Waals surface area contributed by atoms with Crippen LogP contribution in [0.15, 0.2) is 0 Å². The third kappa shape index (κ3) is 2.01. The van der Waals surface area contributed by atoms with Crippen molar-refractivity contribution in [1.29, 1.82) is 5.26 Å². The maximum atomic E-state index is 8.73. The van der Waals surface area contributed by atoms with E-state index in [2.05, 4.69) is 22.9 Å². The van der Waals surface area contributed by atoms with Crippen LogP contribution in [-0.4, -0.2) is 48.6 Å². The Morgan fingerprint density at radius 2 is 2.15 bits per heavy atom. The number of nitrogens with zero attached hydrogens (tertiary/aromatic N) is 3.